The van der Waals surface area contributed by atoms with E-state index in [1.807, 2.05) is 69.6 Å². The summed E-state index contributed by atoms with van der Waals surface area (Å²) in [5.74, 6) is 0.281. The van der Waals surface area contributed by atoms with E-state index >= 15 is 0 Å². The first-order valence-electron chi connectivity index (χ1n) is 31.0. The Bertz CT molecular complexity index is 4660. The number of imidazole rings is 2. The monoisotopic (exact) mass is 1300 g/mol. The number of anilines is 3. The maximum absolute atomic E-state index is 14.8. The Morgan fingerprint density at radius 3 is 1.95 bits per heavy atom. The summed E-state index contributed by atoms with van der Waals surface area (Å²) >= 11 is 4.64. The Morgan fingerprint density at radius 2 is 1.27 bits per heavy atom. The molecule has 5 N–H and O–H groups in total. The number of hydrogen-bond acceptors (Lipinski definition) is 22. The Hall–Kier alpha value is -8.27. The molecule has 26 heteroatoms. The summed E-state index contributed by atoms with van der Waals surface area (Å²) in [5.41, 5.74) is 11.9. The third-order valence-electron chi connectivity index (χ3n) is 17.3. The number of phenols is 1. The summed E-state index contributed by atoms with van der Waals surface area (Å²) < 4.78 is 19.2. The number of halogens is 1. The first kappa shape index (κ1) is 62.5. The minimum atomic E-state index is -0.339. The number of H-pyrrole nitrogens is 1. The van der Waals surface area contributed by atoms with Gasteiger partial charge in [0.15, 0.2) is 48.8 Å². The van der Waals surface area contributed by atoms with Gasteiger partial charge in [0.25, 0.3) is 0 Å². The Kier molecular flexibility index (Phi) is 16.3. The van der Waals surface area contributed by atoms with Crippen molar-refractivity contribution in [3.63, 3.8) is 0 Å². The van der Waals surface area contributed by atoms with Crippen molar-refractivity contribution in [3.05, 3.63) is 108 Å². The van der Waals surface area contributed by atoms with E-state index in [0.29, 0.717) is 40.3 Å². The molecule has 0 bridgehead atoms. The van der Waals surface area contributed by atoms with E-state index in [4.69, 9.17) is 19.9 Å². The van der Waals surface area contributed by atoms with Crippen LogP contribution in [-0.2, 0) is 0 Å². The molecule has 12 aromatic rings. The molecule has 0 spiro atoms. The number of aromatic hydroxyl groups is 1. The predicted octanol–water partition coefficient (Wildman–Crippen LogP) is 12.2. The van der Waals surface area contributed by atoms with E-state index in [1.54, 1.807) is 62.6 Å². The van der Waals surface area contributed by atoms with Gasteiger partial charge in [0.05, 0.1) is 64.4 Å². The van der Waals surface area contributed by atoms with E-state index in [1.165, 1.54) is 17.4 Å². The molecule has 3 saturated heterocycles. The van der Waals surface area contributed by atoms with Crippen molar-refractivity contribution in [2.45, 2.75) is 155 Å². The SMILES string of the molecule is CN(c1nc2cnc(-c3ccc(-c4cn[nH]c4)cc3O)nc2s1)C1CC(C)(C)NC(C)(C)C1.Cc1cn2nc(-c3cc(F)c4nc(N5CCC(O)CC5)sc4c3)cc(C)c2n1.Cc1cn2nc(-c3cnc4nc(N(C)C5CC(C)(C)NC(C)(C)C5)sc4n3)ccc2n1. The van der Waals surface area contributed by atoms with Crippen LogP contribution in [0.4, 0.5) is 19.8 Å². The Balaban J connectivity index is 0.000000126. The van der Waals surface area contributed by atoms with Crippen LogP contribution in [-0.4, -0.2) is 152 Å². The predicted molar refractivity (Wildman–Crippen MR) is 366 cm³/mol. The highest BCUT2D eigenvalue weighted by Gasteiger charge is 2.41. The van der Waals surface area contributed by atoms with Crippen molar-refractivity contribution < 1.29 is 14.6 Å². The maximum atomic E-state index is 14.8. The second-order valence-electron chi connectivity index (χ2n) is 27.4. The fraction of sp³-hybridized carbons (Fsp3) is 0.424. The molecule has 0 saturated carbocycles. The highest BCUT2D eigenvalue weighted by molar-refractivity contribution is 7.22. The van der Waals surface area contributed by atoms with Gasteiger partial charge >= 0.3 is 0 Å². The molecule has 2 aromatic carbocycles. The van der Waals surface area contributed by atoms with E-state index in [9.17, 15) is 14.6 Å². The van der Waals surface area contributed by atoms with Crippen LogP contribution in [0, 0.1) is 26.6 Å². The van der Waals surface area contributed by atoms with Crippen molar-refractivity contribution in [3.8, 4) is 50.9 Å². The largest absolute Gasteiger partial charge is 0.507 e. The third kappa shape index (κ3) is 13.2. The summed E-state index contributed by atoms with van der Waals surface area (Å²) in [4.78, 5) is 50.0. The van der Waals surface area contributed by atoms with Gasteiger partial charge in [0.2, 0.25) is 0 Å². The van der Waals surface area contributed by atoms with Gasteiger partial charge in [0.1, 0.15) is 33.0 Å². The van der Waals surface area contributed by atoms with Crippen molar-refractivity contribution >= 4 is 91.7 Å². The lowest BCUT2D eigenvalue weighted by molar-refractivity contribution is 0.145. The number of piperidine rings is 3. The molecule has 22 nitrogen and oxygen atoms in total. The molecule has 3 aliphatic heterocycles. The minimum absolute atomic E-state index is 0.0600. The highest BCUT2D eigenvalue weighted by Crippen LogP contribution is 2.40. The zero-order valence-electron chi connectivity index (χ0n) is 54.1. The van der Waals surface area contributed by atoms with E-state index in [-0.39, 0.29) is 39.8 Å². The molecule has 15 rings (SSSR count). The molecule has 3 aliphatic rings. The Labute approximate surface area is 544 Å². The van der Waals surface area contributed by atoms with Crippen LogP contribution in [0.5, 0.6) is 5.75 Å². The van der Waals surface area contributed by atoms with Gasteiger partial charge in [-0.15, -0.1) is 0 Å². The number of aliphatic hydroxyl groups excluding tert-OH is 1. The average Bonchev–Trinajstić information content (AvgIpc) is 1.63. The summed E-state index contributed by atoms with van der Waals surface area (Å²) in [6.45, 7) is 25.5. The van der Waals surface area contributed by atoms with Gasteiger partial charge in [-0.3, -0.25) is 5.10 Å². The quantitative estimate of drug-likeness (QED) is 0.0900. The number of hydrogen-bond donors (Lipinski definition) is 5. The number of aryl methyl sites for hydroxylation is 3. The van der Waals surface area contributed by atoms with Crippen LogP contribution >= 0.6 is 34.0 Å². The second kappa shape index (κ2) is 24.0. The third-order valence-corrected chi connectivity index (χ3v) is 20.4. The Morgan fingerprint density at radius 1 is 0.620 bits per heavy atom. The summed E-state index contributed by atoms with van der Waals surface area (Å²) in [6.07, 6.45) is 16.2. The van der Waals surface area contributed by atoms with Crippen molar-refractivity contribution in [2.24, 2.45) is 0 Å². The number of thiazole rings is 3. The summed E-state index contributed by atoms with van der Waals surface area (Å²) in [6, 6.07) is 15.5. The van der Waals surface area contributed by atoms with E-state index in [2.05, 4.69) is 140 Å². The number of aliphatic hydroxyl groups is 1. The van der Waals surface area contributed by atoms with E-state index < -0.39 is 0 Å². The van der Waals surface area contributed by atoms with Crippen molar-refractivity contribution in [1.29, 1.82) is 0 Å². The smallest absolute Gasteiger partial charge is 0.191 e. The lowest BCUT2D eigenvalue weighted by Gasteiger charge is -2.48. The molecular formula is C66H77FN20O2S3. The molecular weight excluding hydrogens is 1220 g/mol. The first-order valence-corrected chi connectivity index (χ1v) is 33.5. The molecule has 0 amide bonds. The van der Waals surface area contributed by atoms with Gasteiger partial charge < -0.3 is 35.5 Å². The molecule has 0 atom stereocenters. The lowest BCUT2D eigenvalue weighted by atomic mass is 9.79. The van der Waals surface area contributed by atoms with Crippen molar-refractivity contribution in [1.82, 2.24) is 84.9 Å². The number of rotatable bonds is 9. The van der Waals surface area contributed by atoms with Crippen LogP contribution < -0.4 is 25.3 Å². The lowest BCUT2D eigenvalue weighted by Crippen LogP contribution is -2.61. The molecule has 0 radical (unpaired) electrons. The van der Waals surface area contributed by atoms with Crippen molar-refractivity contribution in [2.75, 3.05) is 41.9 Å². The normalized spacial score (nSPS) is 17.5. The minimum Gasteiger partial charge on any atom is -0.507 e. The van der Waals surface area contributed by atoms with Gasteiger partial charge in [-0.05, 0) is 168 Å². The number of aromatic nitrogens is 15. The zero-order valence-corrected chi connectivity index (χ0v) is 56.5. The van der Waals surface area contributed by atoms with Crippen LogP contribution in [0.1, 0.15) is 111 Å². The molecule has 92 heavy (non-hydrogen) atoms. The van der Waals surface area contributed by atoms with E-state index in [0.717, 1.165) is 143 Å². The first-order chi connectivity index (χ1) is 43.7. The van der Waals surface area contributed by atoms with Gasteiger partial charge in [-0.25, -0.2) is 53.3 Å². The molecule has 0 aliphatic carbocycles. The number of nitrogens with one attached hydrogen (secondary N) is 3. The fourth-order valence-electron chi connectivity index (χ4n) is 13.5. The van der Waals surface area contributed by atoms with Crippen LogP contribution in [0.25, 0.3) is 87.5 Å². The number of benzene rings is 2. The van der Waals surface area contributed by atoms with Crippen LogP contribution in [0.15, 0.2) is 85.7 Å². The molecule has 478 valence electrons. The zero-order chi connectivity index (χ0) is 64.8. The summed E-state index contributed by atoms with van der Waals surface area (Å²) in [5, 5.41) is 46.6. The standard InChI is InChI=1S/C24H29N7OS.C22H28N8S.C20H20FN5OS/c1-23(2)9-16(10-24(3,4)30-23)31(5)22-28-18-13-25-20(29-21(18)33-22)17-7-6-14(8-19(17)32)15-11-26-27-12-15;1-13-12-30-17(24-13)8-7-15(27-30)16-11-23-18-19(25-16)31-20(26-18)29(6)14-9-21(2,3)28-22(4,5)10-14;1-11-7-16(24-26-10-12(2)22-19(11)26)13-8-15(21)18-17(9-13)28-20(23-18)25-5-3-14(27)4-6-25/h6-8,11-13,16,30,32H,9-10H2,1-5H3,(H,26,27);7-8,11-12,14,28H,9-10H2,1-6H3;7-10,14,27H,3-6H2,1-2H3. The molecule has 0 unspecified atom stereocenters. The number of fused-ring (bicyclic) bond motifs is 5. The van der Waals surface area contributed by atoms with Gasteiger partial charge in [-0.1, -0.05) is 40.1 Å². The number of phenolic OH excluding ortho intramolecular Hbond substituents is 1. The number of aromatic amines is 1. The van der Waals surface area contributed by atoms with Crippen LogP contribution in [0.3, 0.4) is 0 Å². The van der Waals surface area contributed by atoms with Crippen LogP contribution in [0.2, 0.25) is 0 Å². The second-order valence-corrected chi connectivity index (χ2v) is 30.3. The molecule has 13 heterocycles. The number of nitrogens with zero attached hydrogens (tertiary/aromatic N) is 17. The fourth-order valence-corrected chi connectivity index (χ4v) is 16.5. The summed E-state index contributed by atoms with van der Waals surface area (Å²) in [7, 11) is 4.26. The topological polar surface area (TPSA) is 254 Å². The maximum Gasteiger partial charge on any atom is 0.191 e. The van der Waals surface area contributed by atoms with Gasteiger partial charge in [-0.2, -0.15) is 20.3 Å². The highest BCUT2D eigenvalue weighted by atomic mass is 32.1. The van der Waals surface area contributed by atoms with Gasteiger partial charge in [0, 0.05) is 78.7 Å². The molecule has 10 aromatic heterocycles. The molecule has 3 fully saturated rings. The average molecular weight is 1300 g/mol.